The number of ketones is 1. The Hall–Kier alpha value is -1.10. The summed E-state index contributed by atoms with van der Waals surface area (Å²) in [6.45, 7) is 4.34. The summed E-state index contributed by atoms with van der Waals surface area (Å²) < 4.78 is 0. The molecule has 5 nitrogen and oxygen atoms in total. The molecule has 0 heterocycles. The largest absolute Gasteiger partial charge is 0.386 e. The Morgan fingerprint density at radius 2 is 1.57 bits per heavy atom. The lowest BCUT2D eigenvalue weighted by molar-refractivity contribution is -0.132. The second kappa shape index (κ2) is 8.33. The molecule has 0 saturated heterocycles. The minimum atomic E-state index is 0.183. The highest BCUT2D eigenvalue weighted by Gasteiger charge is 2.51. The van der Waals surface area contributed by atoms with E-state index in [1.54, 1.807) is 6.92 Å². The summed E-state index contributed by atoms with van der Waals surface area (Å²) >= 11 is 0. The number of rotatable bonds is 4. The molecule has 158 valence electrons. The van der Waals surface area contributed by atoms with Gasteiger partial charge in [-0.1, -0.05) is 19.8 Å². The Kier molecular flexibility index (Phi) is 6.01. The normalized spacial score (nSPS) is 43.5. The number of hydrazine groups is 1. The molecule has 5 heteroatoms. The molecular weight excluding hydrogens is 348 g/mol. The van der Waals surface area contributed by atoms with E-state index < -0.39 is 0 Å². The number of carbonyl (C=O) groups excluding carboxylic acids is 1. The number of carbonyl (C=O) groups is 1. The maximum Gasteiger partial charge on any atom is 0.158 e. The van der Waals surface area contributed by atoms with Crippen LogP contribution in [0.2, 0.25) is 0 Å². The van der Waals surface area contributed by atoms with Crippen LogP contribution in [0.3, 0.4) is 0 Å². The number of hydrogen-bond donors (Lipinski definition) is 2. The Bertz CT molecular complexity index is 601. The van der Waals surface area contributed by atoms with Crippen LogP contribution in [-0.2, 0) is 4.79 Å². The molecule has 4 aliphatic carbocycles. The van der Waals surface area contributed by atoms with Gasteiger partial charge in [0.05, 0.1) is 0 Å². The fourth-order valence-electron chi connectivity index (χ4n) is 7.86. The van der Waals surface area contributed by atoms with Crippen molar-refractivity contribution in [2.45, 2.75) is 78.1 Å². The van der Waals surface area contributed by atoms with Crippen molar-refractivity contribution >= 4 is 11.6 Å². The molecule has 4 N–H and O–H groups in total. The van der Waals surface area contributed by atoms with Crippen molar-refractivity contribution in [1.82, 2.24) is 5.12 Å². The van der Waals surface area contributed by atoms with Crippen LogP contribution in [-0.4, -0.2) is 23.3 Å². The Balaban J connectivity index is 1.44. The predicted molar refractivity (Wildman–Crippen MR) is 113 cm³/mol. The molecule has 28 heavy (non-hydrogen) atoms. The van der Waals surface area contributed by atoms with Crippen LogP contribution in [0.15, 0.2) is 5.10 Å². The number of Topliss-reactive ketones (excluding diaryl/α,β-unsaturated/α-hetero) is 1. The van der Waals surface area contributed by atoms with Gasteiger partial charge in [0.1, 0.15) is 12.4 Å². The van der Waals surface area contributed by atoms with Crippen LogP contribution in [0.4, 0.5) is 0 Å². The quantitative estimate of drug-likeness (QED) is 0.331. The van der Waals surface area contributed by atoms with Crippen LogP contribution < -0.4 is 11.6 Å². The van der Waals surface area contributed by atoms with E-state index in [2.05, 4.69) is 12.0 Å². The van der Waals surface area contributed by atoms with Gasteiger partial charge in [0, 0.05) is 5.92 Å². The number of amidine groups is 1. The maximum atomic E-state index is 13.0. The molecule has 0 amide bonds. The topological polar surface area (TPSA) is 84.7 Å². The number of nitrogens with zero attached hydrogens (tertiary/aromatic N) is 2. The van der Waals surface area contributed by atoms with Crippen molar-refractivity contribution in [2.24, 2.45) is 64.0 Å². The zero-order valence-corrected chi connectivity index (χ0v) is 17.9. The van der Waals surface area contributed by atoms with Crippen LogP contribution in [0.25, 0.3) is 0 Å². The van der Waals surface area contributed by atoms with Gasteiger partial charge in [-0.25, -0.2) is 11.0 Å². The summed E-state index contributed by atoms with van der Waals surface area (Å²) in [5, 5.41) is 5.26. The monoisotopic (exact) mass is 388 g/mol. The van der Waals surface area contributed by atoms with Gasteiger partial charge in [0.15, 0.2) is 5.78 Å². The van der Waals surface area contributed by atoms with Crippen molar-refractivity contribution in [3.05, 3.63) is 0 Å². The maximum absolute atomic E-state index is 13.0. The fourth-order valence-corrected chi connectivity index (χ4v) is 7.86. The van der Waals surface area contributed by atoms with Gasteiger partial charge in [-0.3, -0.25) is 4.79 Å². The standard InChI is InChI=1S/C23H40N4O/c1-14-6-8-17-16(12-14)7-9-20-18-4-3-5-22(21(18)11-10-19(17)20)23(28)13-27(25)26-15(2)24/h14,16-22H,3-13,25H2,1-2H3,(H2,24,26). The van der Waals surface area contributed by atoms with E-state index in [1.807, 2.05) is 0 Å². The second-order valence-electron chi connectivity index (χ2n) is 10.5. The summed E-state index contributed by atoms with van der Waals surface area (Å²) in [4.78, 5) is 13.0. The summed E-state index contributed by atoms with van der Waals surface area (Å²) in [5.41, 5.74) is 5.61. The molecule has 0 aliphatic heterocycles. The van der Waals surface area contributed by atoms with Gasteiger partial charge in [0.2, 0.25) is 0 Å². The highest BCUT2D eigenvalue weighted by atomic mass is 16.1. The van der Waals surface area contributed by atoms with Crippen LogP contribution in [0, 0.1) is 47.3 Å². The van der Waals surface area contributed by atoms with Crippen molar-refractivity contribution in [1.29, 1.82) is 0 Å². The summed E-state index contributed by atoms with van der Waals surface area (Å²) in [6, 6.07) is 0. The summed E-state index contributed by atoms with van der Waals surface area (Å²) in [6.07, 6.45) is 13.4. The van der Waals surface area contributed by atoms with E-state index in [1.165, 1.54) is 62.9 Å². The number of hydrogen-bond acceptors (Lipinski definition) is 4. The zero-order chi connectivity index (χ0) is 19.8. The molecule has 0 spiro atoms. The lowest BCUT2D eigenvalue weighted by Gasteiger charge is -2.56. The van der Waals surface area contributed by atoms with E-state index in [9.17, 15) is 4.79 Å². The highest BCUT2D eigenvalue weighted by molar-refractivity contribution is 5.83. The number of fused-ring (bicyclic) bond motifs is 5. The van der Waals surface area contributed by atoms with E-state index in [4.69, 9.17) is 11.6 Å². The highest BCUT2D eigenvalue weighted by Crippen LogP contribution is 2.58. The smallest absolute Gasteiger partial charge is 0.158 e. The third-order valence-electron chi connectivity index (χ3n) is 8.79. The first-order valence-electron chi connectivity index (χ1n) is 11.8. The Labute approximate surface area is 170 Å². The van der Waals surface area contributed by atoms with Crippen LogP contribution >= 0.6 is 0 Å². The first-order chi connectivity index (χ1) is 13.4. The van der Waals surface area contributed by atoms with Crippen LogP contribution in [0.1, 0.15) is 78.1 Å². The minimum Gasteiger partial charge on any atom is -0.386 e. The number of hydrazone groups is 1. The summed E-state index contributed by atoms with van der Waals surface area (Å²) in [7, 11) is 0. The molecule has 0 aromatic rings. The van der Waals surface area contributed by atoms with Gasteiger partial charge >= 0.3 is 0 Å². The molecule has 4 rings (SSSR count). The molecule has 4 aliphatic rings. The first kappa shape index (κ1) is 20.2. The molecule has 8 unspecified atom stereocenters. The van der Waals surface area contributed by atoms with Crippen molar-refractivity contribution in [2.75, 3.05) is 6.54 Å². The molecule has 0 aromatic heterocycles. The third-order valence-corrected chi connectivity index (χ3v) is 8.79. The van der Waals surface area contributed by atoms with E-state index >= 15 is 0 Å². The van der Waals surface area contributed by atoms with Gasteiger partial charge < -0.3 is 5.73 Å². The average Bonchev–Trinajstić information content (AvgIpc) is 2.65. The SMILES string of the molecule is C/C(N)=N/N(N)CC(=O)C1CCCC2C1CCC1C3CCC(C)CC3CCC12. The van der Waals surface area contributed by atoms with E-state index in [-0.39, 0.29) is 18.2 Å². The van der Waals surface area contributed by atoms with Crippen molar-refractivity contribution in [3.8, 4) is 0 Å². The molecule has 0 aromatic carbocycles. The second-order valence-corrected chi connectivity index (χ2v) is 10.5. The van der Waals surface area contributed by atoms with Crippen molar-refractivity contribution in [3.63, 3.8) is 0 Å². The third kappa shape index (κ3) is 3.96. The van der Waals surface area contributed by atoms with E-state index in [0.29, 0.717) is 11.8 Å². The van der Waals surface area contributed by atoms with Gasteiger partial charge in [-0.05, 0) is 99.7 Å². The lowest BCUT2D eigenvalue weighted by Crippen LogP contribution is -2.50. The average molecular weight is 389 g/mol. The first-order valence-corrected chi connectivity index (χ1v) is 11.8. The van der Waals surface area contributed by atoms with Gasteiger partial charge in [0.25, 0.3) is 0 Å². The molecule has 4 saturated carbocycles. The van der Waals surface area contributed by atoms with Crippen LogP contribution in [0.5, 0.6) is 0 Å². The zero-order valence-electron chi connectivity index (χ0n) is 17.9. The Morgan fingerprint density at radius 3 is 2.36 bits per heavy atom. The lowest BCUT2D eigenvalue weighted by atomic mass is 9.49. The van der Waals surface area contributed by atoms with Gasteiger partial charge in [-0.2, -0.15) is 0 Å². The molecular formula is C23H40N4O. The predicted octanol–water partition coefficient (Wildman–Crippen LogP) is 3.93. The molecule has 0 bridgehead atoms. The Morgan fingerprint density at radius 1 is 0.929 bits per heavy atom. The fraction of sp³-hybridized carbons (Fsp3) is 0.913. The summed E-state index contributed by atoms with van der Waals surface area (Å²) in [5.74, 6) is 12.8. The van der Waals surface area contributed by atoms with E-state index in [0.717, 1.165) is 41.9 Å². The van der Waals surface area contributed by atoms with Gasteiger partial charge in [-0.15, -0.1) is 5.10 Å². The molecule has 4 fully saturated rings. The molecule has 0 radical (unpaired) electrons. The minimum absolute atomic E-state index is 0.183. The number of nitrogens with two attached hydrogens (primary N) is 2. The van der Waals surface area contributed by atoms with Crippen molar-refractivity contribution < 1.29 is 4.79 Å². The molecule has 8 atom stereocenters.